The van der Waals surface area contributed by atoms with Crippen molar-refractivity contribution in [1.29, 1.82) is 0 Å². The molecule has 2 fully saturated rings. The highest BCUT2D eigenvalue weighted by molar-refractivity contribution is 7.94. The minimum Gasteiger partial charge on any atom is -0.451 e. The van der Waals surface area contributed by atoms with Crippen LogP contribution < -0.4 is 5.32 Å². The summed E-state index contributed by atoms with van der Waals surface area (Å²) in [6, 6.07) is 16.5. The third-order valence-corrected chi connectivity index (χ3v) is 9.46. The van der Waals surface area contributed by atoms with Crippen molar-refractivity contribution in [3.8, 4) is 0 Å². The van der Waals surface area contributed by atoms with Crippen LogP contribution in [0, 0.1) is 0 Å². The van der Waals surface area contributed by atoms with Gasteiger partial charge in [-0.2, -0.15) is 0 Å². The van der Waals surface area contributed by atoms with E-state index in [1.807, 2.05) is 17.4 Å². The van der Waals surface area contributed by atoms with Gasteiger partial charge in [0.2, 0.25) is 11.8 Å². The molecule has 2 aliphatic rings. The third-order valence-electron chi connectivity index (χ3n) is 6.52. The molecule has 10 nitrogen and oxygen atoms in total. The highest BCUT2D eigenvalue weighted by Crippen LogP contribution is 2.47. The van der Waals surface area contributed by atoms with Crippen LogP contribution in [0.3, 0.4) is 0 Å². The number of hydrogen-bond acceptors (Lipinski definition) is 8. The summed E-state index contributed by atoms with van der Waals surface area (Å²) in [5.74, 6) is -2.57. The maximum Gasteiger partial charge on any atom is 0.414 e. The second-order valence-electron chi connectivity index (χ2n) is 8.91. The number of imide groups is 1. The molecule has 0 aromatic heterocycles. The Kier molecular flexibility index (Phi) is 7.89. The number of alkyl carbamates (subject to hydrolysis) is 1. The molecule has 0 spiro atoms. The van der Waals surface area contributed by atoms with E-state index < -0.39 is 68.5 Å². The number of amides is 3. The fourth-order valence-corrected chi connectivity index (χ4v) is 6.94. The Labute approximate surface area is 224 Å². The SMILES string of the molecule is C[C@]1(C=CCOC(=O)NC(=O)CCl)[C@H](C(=O)OC(c2ccccc2)c2ccccc2)N2C(=O)C[C@H]2S1(=O)=O. The van der Waals surface area contributed by atoms with E-state index in [1.54, 1.807) is 48.5 Å². The lowest BCUT2D eigenvalue weighted by atomic mass is 9.95. The normalized spacial score (nSPS) is 23.6. The maximum absolute atomic E-state index is 13.7. The number of halogens is 1. The summed E-state index contributed by atoms with van der Waals surface area (Å²) in [6.07, 6.45) is 0.308. The molecule has 1 N–H and O–H groups in total. The number of carbonyl (C=O) groups is 4. The third kappa shape index (κ3) is 5.03. The Morgan fingerprint density at radius 2 is 1.68 bits per heavy atom. The van der Waals surface area contributed by atoms with E-state index in [1.165, 1.54) is 19.1 Å². The standard InChI is InChI=1S/C26H25ClN2O8S/c1-26(13-8-14-36-25(33)28-19(30)16-27)23(29-20(31)15-21(29)38(26,34)35)24(32)37-22(17-9-4-2-5-10-17)18-11-6-3-7-12-18/h2-13,21-23H,14-16H2,1H3,(H,28,30,33)/t21-,23+,26+/m1/s1. The van der Waals surface area contributed by atoms with Crippen LogP contribution in [0.15, 0.2) is 72.8 Å². The smallest absolute Gasteiger partial charge is 0.414 e. The molecule has 2 aromatic rings. The van der Waals surface area contributed by atoms with Gasteiger partial charge >= 0.3 is 12.1 Å². The van der Waals surface area contributed by atoms with Gasteiger partial charge in [-0.15, -0.1) is 11.6 Å². The molecule has 0 radical (unpaired) electrons. The van der Waals surface area contributed by atoms with E-state index in [0.29, 0.717) is 11.1 Å². The molecule has 0 unspecified atom stereocenters. The van der Waals surface area contributed by atoms with Gasteiger partial charge in [0.15, 0.2) is 22.0 Å². The van der Waals surface area contributed by atoms with Crippen molar-refractivity contribution in [2.24, 2.45) is 0 Å². The van der Waals surface area contributed by atoms with Crippen molar-refractivity contribution in [2.45, 2.75) is 35.6 Å². The Hall–Kier alpha value is -3.70. The molecule has 3 atom stereocenters. The molecular weight excluding hydrogens is 536 g/mol. The van der Waals surface area contributed by atoms with Crippen molar-refractivity contribution < 1.29 is 37.1 Å². The van der Waals surface area contributed by atoms with Gasteiger partial charge in [-0.1, -0.05) is 66.7 Å². The van der Waals surface area contributed by atoms with Gasteiger partial charge in [-0.05, 0) is 24.1 Å². The molecule has 2 aliphatic heterocycles. The van der Waals surface area contributed by atoms with Crippen LogP contribution in [0.2, 0.25) is 0 Å². The van der Waals surface area contributed by atoms with Gasteiger partial charge in [0.25, 0.3) is 0 Å². The van der Waals surface area contributed by atoms with Crippen LogP contribution in [0.1, 0.15) is 30.6 Å². The molecule has 2 heterocycles. The first-order valence-corrected chi connectivity index (χ1v) is 13.7. The van der Waals surface area contributed by atoms with Crippen LogP contribution in [0.25, 0.3) is 0 Å². The molecule has 200 valence electrons. The molecule has 2 saturated heterocycles. The summed E-state index contributed by atoms with van der Waals surface area (Å²) in [4.78, 5) is 50.0. The lowest BCUT2D eigenvalue weighted by Gasteiger charge is -2.36. The zero-order chi connectivity index (χ0) is 27.5. The first-order valence-electron chi connectivity index (χ1n) is 11.7. The number of nitrogens with one attached hydrogen (secondary N) is 1. The van der Waals surface area contributed by atoms with Crippen molar-refractivity contribution in [3.05, 3.63) is 83.9 Å². The number of benzene rings is 2. The number of fused-ring (bicyclic) bond motifs is 1. The van der Waals surface area contributed by atoms with Crippen molar-refractivity contribution in [2.75, 3.05) is 12.5 Å². The number of hydrogen-bond donors (Lipinski definition) is 1. The summed E-state index contributed by atoms with van der Waals surface area (Å²) in [5.41, 5.74) is 1.34. The second-order valence-corrected chi connectivity index (χ2v) is 11.7. The maximum atomic E-state index is 13.7. The quantitative estimate of drug-likeness (QED) is 0.225. The van der Waals surface area contributed by atoms with Crippen molar-refractivity contribution in [3.63, 3.8) is 0 Å². The van der Waals surface area contributed by atoms with E-state index in [-0.39, 0.29) is 6.42 Å². The van der Waals surface area contributed by atoms with E-state index in [0.717, 1.165) is 4.90 Å². The van der Waals surface area contributed by atoms with Gasteiger partial charge in [0, 0.05) is 0 Å². The lowest BCUT2D eigenvalue weighted by Crippen LogP contribution is -2.57. The lowest BCUT2D eigenvalue weighted by molar-refractivity contribution is -0.163. The molecule has 12 heteroatoms. The zero-order valence-corrected chi connectivity index (χ0v) is 21.9. The fraction of sp³-hybridized carbons (Fsp3) is 0.308. The minimum absolute atomic E-state index is 0.240. The van der Waals surface area contributed by atoms with Gasteiger partial charge in [0.1, 0.15) is 22.6 Å². The largest absolute Gasteiger partial charge is 0.451 e. The number of alkyl halides is 1. The highest BCUT2D eigenvalue weighted by Gasteiger charge is 2.69. The van der Waals surface area contributed by atoms with Gasteiger partial charge in [0.05, 0.1) is 6.42 Å². The first-order chi connectivity index (χ1) is 18.1. The number of esters is 1. The van der Waals surface area contributed by atoms with Crippen LogP contribution >= 0.6 is 11.6 Å². The summed E-state index contributed by atoms with van der Waals surface area (Å²) >= 11 is 5.32. The highest BCUT2D eigenvalue weighted by atomic mass is 35.5. The minimum atomic E-state index is -4.05. The van der Waals surface area contributed by atoms with Crippen molar-refractivity contribution in [1.82, 2.24) is 10.2 Å². The molecular formula is C26H25ClN2O8S. The average Bonchev–Trinajstić information content (AvgIpc) is 3.05. The summed E-state index contributed by atoms with van der Waals surface area (Å²) < 4.78 is 35.8. The Bertz CT molecular complexity index is 1330. The molecule has 0 bridgehead atoms. The van der Waals surface area contributed by atoms with E-state index >= 15 is 0 Å². The molecule has 4 rings (SSSR count). The summed E-state index contributed by atoms with van der Waals surface area (Å²) in [6.45, 7) is 0.928. The number of nitrogens with zero attached hydrogens (tertiary/aromatic N) is 1. The summed E-state index contributed by atoms with van der Waals surface area (Å²) in [5, 5.41) is 0.715. The monoisotopic (exact) mass is 560 g/mol. The van der Waals surface area contributed by atoms with Crippen LogP contribution in [-0.4, -0.2) is 65.8 Å². The number of carbonyl (C=O) groups excluding carboxylic acids is 4. The van der Waals surface area contributed by atoms with Gasteiger partial charge in [-0.3, -0.25) is 14.9 Å². The number of ether oxygens (including phenoxy) is 2. The van der Waals surface area contributed by atoms with Crippen molar-refractivity contribution >= 4 is 45.3 Å². The Balaban J connectivity index is 1.61. The molecule has 38 heavy (non-hydrogen) atoms. The van der Waals surface area contributed by atoms with Crippen LogP contribution in [0.4, 0.5) is 4.79 Å². The summed E-state index contributed by atoms with van der Waals surface area (Å²) in [7, 11) is -4.05. The predicted octanol–water partition coefficient (Wildman–Crippen LogP) is 2.48. The Morgan fingerprint density at radius 3 is 2.21 bits per heavy atom. The predicted molar refractivity (Wildman–Crippen MR) is 137 cm³/mol. The fourth-order valence-electron chi connectivity index (χ4n) is 4.58. The molecule has 0 saturated carbocycles. The Morgan fingerprint density at radius 1 is 1.11 bits per heavy atom. The van der Waals surface area contributed by atoms with E-state index in [2.05, 4.69) is 0 Å². The average molecular weight is 561 g/mol. The first kappa shape index (κ1) is 27.3. The zero-order valence-electron chi connectivity index (χ0n) is 20.3. The number of rotatable bonds is 8. The van der Waals surface area contributed by atoms with Crippen LogP contribution in [-0.2, 0) is 33.7 Å². The topological polar surface area (TPSA) is 136 Å². The molecule has 2 aromatic carbocycles. The van der Waals surface area contributed by atoms with Crippen LogP contribution in [0.5, 0.6) is 0 Å². The number of β-lactam (4-membered cyclic amide) rings is 1. The molecule has 3 amide bonds. The van der Waals surface area contributed by atoms with Gasteiger partial charge in [-0.25, -0.2) is 18.0 Å². The van der Waals surface area contributed by atoms with E-state index in [4.69, 9.17) is 21.1 Å². The van der Waals surface area contributed by atoms with E-state index in [9.17, 15) is 27.6 Å². The second kappa shape index (κ2) is 11.0. The van der Waals surface area contributed by atoms with Gasteiger partial charge < -0.3 is 14.4 Å². The number of sulfone groups is 1. The molecule has 0 aliphatic carbocycles.